The number of carbonyl (C=O) groups is 2. The zero-order valence-corrected chi connectivity index (χ0v) is 17.3. The molecular weight excluding hydrogens is 418 g/mol. The zero-order valence-electron chi connectivity index (χ0n) is 16.5. The monoisotopic (exact) mass is 437 g/mol. The number of nitrogens with zero attached hydrogens (tertiary/aromatic N) is 2. The number of aromatic nitrogens is 1. The van der Waals surface area contributed by atoms with E-state index in [2.05, 4.69) is 10.3 Å². The average Bonchev–Trinajstić information content (AvgIpc) is 3.16. The van der Waals surface area contributed by atoms with E-state index in [1.54, 1.807) is 36.5 Å². The number of hydrogen-bond acceptors (Lipinski definition) is 7. The molecule has 3 aromatic rings. The number of para-hydroxylation sites is 1. The number of esters is 1. The molecule has 0 atom stereocenters. The Kier molecular flexibility index (Phi) is 6.03. The summed E-state index contributed by atoms with van der Waals surface area (Å²) in [5, 5.41) is 14.5. The highest BCUT2D eigenvalue weighted by Crippen LogP contribution is 2.39. The lowest BCUT2D eigenvalue weighted by Crippen LogP contribution is -2.16. The Morgan fingerprint density at radius 1 is 1.16 bits per heavy atom. The fourth-order valence-electron chi connectivity index (χ4n) is 3.57. The number of aryl methyl sites for hydroxylation is 1. The third-order valence-electron chi connectivity index (χ3n) is 5.07. The van der Waals surface area contributed by atoms with Gasteiger partial charge in [-0.3, -0.25) is 19.9 Å². The van der Waals surface area contributed by atoms with Crippen molar-refractivity contribution in [2.45, 2.75) is 32.3 Å². The highest BCUT2D eigenvalue weighted by Gasteiger charge is 2.28. The van der Waals surface area contributed by atoms with Crippen molar-refractivity contribution in [1.82, 2.24) is 4.98 Å². The summed E-state index contributed by atoms with van der Waals surface area (Å²) < 4.78 is 5.46. The van der Waals surface area contributed by atoms with Crippen LogP contribution in [0.5, 0.6) is 0 Å². The number of thiophene rings is 1. The highest BCUT2D eigenvalue weighted by atomic mass is 32.1. The van der Waals surface area contributed by atoms with Crippen molar-refractivity contribution < 1.29 is 19.2 Å². The number of benzene rings is 1. The summed E-state index contributed by atoms with van der Waals surface area (Å²) in [5.41, 5.74) is 1.83. The van der Waals surface area contributed by atoms with Crippen LogP contribution < -0.4 is 5.32 Å². The van der Waals surface area contributed by atoms with Gasteiger partial charge in [-0.25, -0.2) is 4.79 Å². The predicted octanol–water partition coefficient (Wildman–Crippen LogP) is 4.54. The summed E-state index contributed by atoms with van der Waals surface area (Å²) in [5.74, 6) is -0.960. The van der Waals surface area contributed by atoms with Gasteiger partial charge in [0.25, 0.3) is 11.6 Å². The van der Waals surface area contributed by atoms with Crippen LogP contribution in [0.25, 0.3) is 0 Å². The lowest BCUT2D eigenvalue weighted by atomic mass is 9.95. The first-order valence-electron chi connectivity index (χ1n) is 9.80. The van der Waals surface area contributed by atoms with Gasteiger partial charge in [0.2, 0.25) is 0 Å². The number of amides is 1. The van der Waals surface area contributed by atoms with Gasteiger partial charge in [0, 0.05) is 23.3 Å². The smallest absolute Gasteiger partial charge is 0.341 e. The summed E-state index contributed by atoms with van der Waals surface area (Å²) >= 11 is 1.38. The van der Waals surface area contributed by atoms with Gasteiger partial charge in [0.15, 0.2) is 0 Å². The van der Waals surface area contributed by atoms with E-state index < -0.39 is 10.9 Å². The molecule has 31 heavy (non-hydrogen) atoms. The molecule has 0 unspecified atom stereocenters. The average molecular weight is 437 g/mol. The number of nitro benzene ring substituents is 1. The number of anilines is 1. The fraction of sp³-hybridized carbons (Fsp3) is 0.227. The van der Waals surface area contributed by atoms with E-state index in [1.807, 2.05) is 0 Å². The maximum absolute atomic E-state index is 13.0. The molecule has 9 heteroatoms. The van der Waals surface area contributed by atoms with Crippen molar-refractivity contribution in [2.75, 3.05) is 5.32 Å². The number of nitrogens with one attached hydrogen (secondary N) is 1. The van der Waals surface area contributed by atoms with Crippen LogP contribution in [-0.2, 0) is 24.2 Å². The lowest BCUT2D eigenvalue weighted by Gasteiger charge is -2.13. The van der Waals surface area contributed by atoms with Crippen molar-refractivity contribution in [2.24, 2.45) is 0 Å². The van der Waals surface area contributed by atoms with Gasteiger partial charge in [-0.2, -0.15) is 0 Å². The van der Waals surface area contributed by atoms with Crippen LogP contribution in [-0.4, -0.2) is 21.8 Å². The molecule has 8 nitrogen and oxygen atoms in total. The van der Waals surface area contributed by atoms with Crippen molar-refractivity contribution in [1.29, 1.82) is 0 Å². The van der Waals surface area contributed by atoms with Gasteiger partial charge in [-0.1, -0.05) is 12.1 Å². The summed E-state index contributed by atoms with van der Waals surface area (Å²) in [7, 11) is 0. The Labute approximate surface area is 182 Å². The normalized spacial score (nSPS) is 12.6. The summed E-state index contributed by atoms with van der Waals surface area (Å²) in [6, 6.07) is 9.44. The molecule has 0 spiro atoms. The second-order valence-corrected chi connectivity index (χ2v) is 8.18. The minimum absolute atomic E-state index is 0.104. The molecule has 1 aromatic carbocycles. The van der Waals surface area contributed by atoms with Gasteiger partial charge < -0.3 is 10.1 Å². The molecular formula is C22H19N3O5S. The summed E-state index contributed by atoms with van der Waals surface area (Å²) in [6.45, 7) is -0.226. The van der Waals surface area contributed by atoms with E-state index in [1.165, 1.54) is 23.6 Å². The van der Waals surface area contributed by atoms with Crippen LogP contribution in [0, 0.1) is 10.1 Å². The molecule has 0 radical (unpaired) electrons. The SMILES string of the molecule is O=C(Nc1sc2c(c1C(=O)OCc1ccccc1[N+](=O)[O-])CCCC2)c1cccnc1. The van der Waals surface area contributed by atoms with Gasteiger partial charge in [-0.15, -0.1) is 11.3 Å². The Morgan fingerprint density at radius 2 is 1.97 bits per heavy atom. The topological polar surface area (TPSA) is 111 Å². The zero-order chi connectivity index (χ0) is 21.8. The van der Waals surface area contributed by atoms with Crippen LogP contribution in [0.2, 0.25) is 0 Å². The standard InChI is InChI=1S/C22H19N3O5S/c26-20(14-7-5-11-23-12-14)24-21-19(16-8-2-4-10-18(16)31-21)22(27)30-13-15-6-1-3-9-17(15)25(28)29/h1,3,5-7,9,11-12H,2,4,8,10,13H2,(H,24,26). The van der Waals surface area contributed by atoms with Crippen LogP contribution >= 0.6 is 11.3 Å². The summed E-state index contributed by atoms with van der Waals surface area (Å²) in [4.78, 5) is 41.4. The third-order valence-corrected chi connectivity index (χ3v) is 6.28. The second-order valence-electron chi connectivity index (χ2n) is 7.07. The number of pyridine rings is 1. The second kappa shape index (κ2) is 9.05. The maximum atomic E-state index is 13.0. The van der Waals surface area contributed by atoms with Gasteiger partial charge >= 0.3 is 5.97 Å². The van der Waals surface area contributed by atoms with E-state index in [0.29, 0.717) is 21.7 Å². The molecule has 158 valence electrons. The van der Waals surface area contributed by atoms with Crippen LogP contribution in [0.4, 0.5) is 10.7 Å². The molecule has 1 N–H and O–H groups in total. The summed E-state index contributed by atoms with van der Waals surface area (Å²) in [6.07, 6.45) is 6.57. The third kappa shape index (κ3) is 4.46. The molecule has 1 aliphatic rings. The Balaban J connectivity index is 1.59. The molecule has 0 saturated carbocycles. The number of rotatable bonds is 6. The first-order chi connectivity index (χ1) is 15.0. The minimum Gasteiger partial charge on any atom is -0.457 e. The number of fused-ring (bicyclic) bond motifs is 1. The van der Waals surface area contributed by atoms with Crippen molar-refractivity contribution in [3.63, 3.8) is 0 Å². The number of carbonyl (C=O) groups excluding carboxylic acids is 2. The number of nitro groups is 1. The Bertz CT molecular complexity index is 1140. The van der Waals surface area contributed by atoms with E-state index >= 15 is 0 Å². The first-order valence-corrected chi connectivity index (χ1v) is 10.6. The van der Waals surface area contributed by atoms with E-state index in [4.69, 9.17) is 4.74 Å². The van der Waals surface area contributed by atoms with E-state index in [0.717, 1.165) is 36.1 Å². The Hall–Kier alpha value is -3.59. The quantitative estimate of drug-likeness (QED) is 0.344. The fourth-order valence-corrected chi connectivity index (χ4v) is 4.84. The maximum Gasteiger partial charge on any atom is 0.341 e. The van der Waals surface area contributed by atoms with E-state index in [9.17, 15) is 19.7 Å². The molecule has 0 aliphatic heterocycles. The van der Waals surface area contributed by atoms with Crippen LogP contribution in [0.3, 0.4) is 0 Å². The molecule has 0 bridgehead atoms. The van der Waals surface area contributed by atoms with Crippen molar-refractivity contribution in [3.8, 4) is 0 Å². The largest absolute Gasteiger partial charge is 0.457 e. The van der Waals surface area contributed by atoms with E-state index in [-0.39, 0.29) is 18.2 Å². The van der Waals surface area contributed by atoms with Gasteiger partial charge in [0.05, 0.1) is 21.6 Å². The molecule has 0 fully saturated rings. The van der Waals surface area contributed by atoms with Crippen LogP contribution in [0.1, 0.15) is 49.6 Å². The van der Waals surface area contributed by atoms with Crippen molar-refractivity contribution in [3.05, 3.63) is 86.0 Å². The molecule has 2 aromatic heterocycles. The van der Waals surface area contributed by atoms with Crippen molar-refractivity contribution >= 4 is 33.9 Å². The molecule has 4 rings (SSSR count). The molecule has 1 amide bonds. The van der Waals surface area contributed by atoms with Gasteiger partial charge in [0.1, 0.15) is 11.6 Å². The molecule has 1 aliphatic carbocycles. The van der Waals surface area contributed by atoms with Crippen LogP contribution in [0.15, 0.2) is 48.8 Å². The predicted molar refractivity (Wildman–Crippen MR) is 115 cm³/mol. The highest BCUT2D eigenvalue weighted by molar-refractivity contribution is 7.17. The number of hydrogen-bond donors (Lipinski definition) is 1. The number of ether oxygens (including phenoxy) is 1. The first kappa shape index (κ1) is 20.7. The minimum atomic E-state index is -0.598. The molecule has 0 saturated heterocycles. The Morgan fingerprint density at radius 3 is 2.74 bits per heavy atom. The van der Waals surface area contributed by atoms with Gasteiger partial charge in [-0.05, 0) is 49.4 Å². The lowest BCUT2D eigenvalue weighted by molar-refractivity contribution is -0.385. The molecule has 2 heterocycles.